The molecule has 60 valence electrons. The number of rotatable bonds is 2. The Morgan fingerprint density at radius 2 is 2.27 bits per heavy atom. The molecule has 0 bridgehead atoms. The van der Waals surface area contributed by atoms with Gasteiger partial charge in [0.2, 0.25) is 8.03 Å². The second-order valence-electron chi connectivity index (χ2n) is 2.09. The molecule has 1 aromatic rings. The zero-order valence-corrected chi connectivity index (χ0v) is 7.07. The van der Waals surface area contributed by atoms with Crippen LogP contribution in [0.1, 0.15) is 0 Å². The van der Waals surface area contributed by atoms with Crippen molar-refractivity contribution in [3.05, 3.63) is 24.3 Å². The molecule has 0 aliphatic heterocycles. The summed E-state index contributed by atoms with van der Waals surface area (Å²) < 4.78 is 15.5. The molecule has 0 aromatic heterocycles. The van der Waals surface area contributed by atoms with Crippen LogP contribution in [0.2, 0.25) is 0 Å². The average molecular weight is 172 g/mol. The lowest BCUT2D eigenvalue weighted by Gasteiger charge is -2.01. The molecule has 1 unspecified atom stereocenters. The minimum absolute atomic E-state index is 0.116. The highest BCUT2D eigenvalue weighted by Gasteiger charge is 1.95. The highest BCUT2D eigenvalue weighted by molar-refractivity contribution is 7.38. The molecule has 0 saturated carbocycles. The molecule has 0 aliphatic rings. The molecule has 0 radical (unpaired) electrons. The second-order valence-corrected chi connectivity index (χ2v) is 3.28. The summed E-state index contributed by atoms with van der Waals surface area (Å²) in [4.78, 5) is 0. The predicted octanol–water partition coefficient (Wildman–Crippen LogP) is 1.88. The minimum atomic E-state index is -1.96. The normalized spacial score (nSPS) is 12.5. The van der Waals surface area contributed by atoms with Gasteiger partial charge in [-0.1, -0.05) is 6.07 Å². The Kier molecular flexibility index (Phi) is 2.55. The van der Waals surface area contributed by atoms with Gasteiger partial charge in [0.25, 0.3) is 0 Å². The van der Waals surface area contributed by atoms with E-state index in [0.717, 1.165) is 0 Å². The van der Waals surface area contributed by atoms with Crippen molar-refractivity contribution < 1.29 is 14.2 Å². The van der Waals surface area contributed by atoms with Crippen LogP contribution in [0.15, 0.2) is 24.3 Å². The van der Waals surface area contributed by atoms with Crippen LogP contribution < -0.4 is 4.52 Å². The highest BCUT2D eigenvalue weighted by atomic mass is 31.1. The van der Waals surface area contributed by atoms with Gasteiger partial charge in [-0.05, 0) is 12.1 Å². The van der Waals surface area contributed by atoms with Gasteiger partial charge < -0.3 is 9.63 Å². The van der Waals surface area contributed by atoms with E-state index in [2.05, 4.69) is 0 Å². The fraction of sp³-hybridized carbons (Fsp3) is 0.143. The van der Waals surface area contributed by atoms with E-state index in [1.165, 1.54) is 18.8 Å². The van der Waals surface area contributed by atoms with Crippen molar-refractivity contribution in [1.29, 1.82) is 0 Å². The third-order valence-corrected chi connectivity index (χ3v) is 1.60. The maximum Gasteiger partial charge on any atom is 0.233 e. The Hall–Kier alpha value is -0.950. The first-order valence-corrected chi connectivity index (χ1v) is 4.97. The molecule has 4 heteroatoms. The summed E-state index contributed by atoms with van der Waals surface area (Å²) in [6.07, 6.45) is 0. The van der Waals surface area contributed by atoms with Gasteiger partial charge in [-0.15, -0.1) is 0 Å². The van der Waals surface area contributed by atoms with E-state index in [1.807, 2.05) is 0 Å². The minimum Gasteiger partial charge on any atom is -0.508 e. The second kappa shape index (κ2) is 3.44. The summed E-state index contributed by atoms with van der Waals surface area (Å²) >= 11 is 0. The standard InChI is InChI=1S/C7H9O3P/c1-11(9)10-7-4-2-3-6(8)5-7/h2-5,8,11H,1H3. The van der Waals surface area contributed by atoms with Crippen molar-refractivity contribution in [3.63, 3.8) is 0 Å². The quantitative estimate of drug-likeness (QED) is 0.692. The fourth-order valence-electron chi connectivity index (χ4n) is 0.713. The van der Waals surface area contributed by atoms with Gasteiger partial charge in [-0.2, -0.15) is 0 Å². The fourth-order valence-corrected chi connectivity index (χ4v) is 1.17. The number of benzene rings is 1. The summed E-state index contributed by atoms with van der Waals surface area (Å²) in [5.74, 6) is 0.558. The largest absolute Gasteiger partial charge is 0.508 e. The van der Waals surface area contributed by atoms with E-state index in [9.17, 15) is 4.57 Å². The van der Waals surface area contributed by atoms with Gasteiger partial charge in [0.1, 0.15) is 11.5 Å². The predicted molar refractivity (Wildman–Crippen MR) is 43.7 cm³/mol. The third kappa shape index (κ3) is 2.64. The lowest BCUT2D eigenvalue weighted by Crippen LogP contribution is -1.77. The van der Waals surface area contributed by atoms with Gasteiger partial charge in [0, 0.05) is 12.7 Å². The zero-order valence-electron chi connectivity index (χ0n) is 6.07. The molecule has 1 aromatic carbocycles. The zero-order chi connectivity index (χ0) is 8.27. The van der Waals surface area contributed by atoms with Crippen LogP contribution in [0.25, 0.3) is 0 Å². The van der Waals surface area contributed by atoms with Crippen molar-refractivity contribution in [2.24, 2.45) is 0 Å². The maximum absolute atomic E-state index is 10.6. The molecule has 0 amide bonds. The summed E-state index contributed by atoms with van der Waals surface area (Å²) in [5, 5.41) is 8.96. The molecule has 11 heavy (non-hydrogen) atoms. The van der Waals surface area contributed by atoms with Crippen LogP contribution in [0.3, 0.4) is 0 Å². The summed E-state index contributed by atoms with van der Waals surface area (Å²) in [7, 11) is -1.96. The first kappa shape index (κ1) is 8.15. The number of phenolic OH excluding ortho intramolecular Hbond substituents is 1. The molecule has 1 rings (SSSR count). The molecule has 3 nitrogen and oxygen atoms in total. The van der Waals surface area contributed by atoms with E-state index in [1.54, 1.807) is 12.1 Å². The molecule has 0 spiro atoms. The molecule has 0 aliphatic carbocycles. The number of hydrogen-bond acceptors (Lipinski definition) is 3. The monoisotopic (exact) mass is 172 g/mol. The third-order valence-electron chi connectivity index (χ3n) is 1.08. The van der Waals surface area contributed by atoms with Crippen LogP contribution in [-0.4, -0.2) is 11.8 Å². The molecule has 1 atom stereocenters. The number of aromatic hydroxyl groups is 1. The molecule has 1 N–H and O–H groups in total. The first-order valence-electron chi connectivity index (χ1n) is 3.16. The van der Waals surface area contributed by atoms with Crippen LogP contribution in [-0.2, 0) is 4.57 Å². The highest BCUT2D eigenvalue weighted by Crippen LogP contribution is 2.25. The van der Waals surface area contributed by atoms with Gasteiger partial charge >= 0.3 is 0 Å². The Morgan fingerprint density at radius 1 is 1.55 bits per heavy atom. The van der Waals surface area contributed by atoms with Crippen molar-refractivity contribution in [1.82, 2.24) is 0 Å². The van der Waals surface area contributed by atoms with Crippen LogP contribution in [0.5, 0.6) is 11.5 Å². The van der Waals surface area contributed by atoms with Gasteiger partial charge in [0.05, 0.1) is 0 Å². The molecule has 0 heterocycles. The van der Waals surface area contributed by atoms with Crippen LogP contribution in [0.4, 0.5) is 0 Å². The topological polar surface area (TPSA) is 46.5 Å². The summed E-state index contributed by atoms with van der Waals surface area (Å²) in [6, 6.07) is 6.23. The average Bonchev–Trinajstić information content (AvgIpc) is 1.85. The van der Waals surface area contributed by atoms with Crippen molar-refractivity contribution in [3.8, 4) is 11.5 Å². The molecular weight excluding hydrogens is 163 g/mol. The van der Waals surface area contributed by atoms with E-state index in [0.29, 0.717) is 5.75 Å². The number of hydrogen-bond donors (Lipinski definition) is 1. The molecule has 0 saturated heterocycles. The van der Waals surface area contributed by atoms with Gasteiger partial charge in [0.15, 0.2) is 0 Å². The van der Waals surface area contributed by atoms with E-state index in [4.69, 9.17) is 9.63 Å². The maximum atomic E-state index is 10.6. The van der Waals surface area contributed by atoms with E-state index in [-0.39, 0.29) is 5.75 Å². The van der Waals surface area contributed by atoms with Crippen LogP contribution in [0, 0.1) is 0 Å². The van der Waals surface area contributed by atoms with Crippen molar-refractivity contribution >= 4 is 8.03 Å². The smallest absolute Gasteiger partial charge is 0.233 e. The Morgan fingerprint density at radius 3 is 2.82 bits per heavy atom. The summed E-state index contributed by atoms with van der Waals surface area (Å²) in [5.41, 5.74) is 0. The number of phenols is 1. The van der Waals surface area contributed by atoms with E-state index < -0.39 is 8.03 Å². The molecule has 0 fully saturated rings. The van der Waals surface area contributed by atoms with Gasteiger partial charge in [-0.3, -0.25) is 4.57 Å². The first-order chi connectivity index (χ1) is 5.18. The van der Waals surface area contributed by atoms with Gasteiger partial charge in [-0.25, -0.2) is 0 Å². The lowest BCUT2D eigenvalue weighted by molar-refractivity contribution is 0.468. The van der Waals surface area contributed by atoms with Crippen LogP contribution >= 0.6 is 8.03 Å². The Bertz CT molecular complexity index is 272. The molecular formula is C7H9O3P. The van der Waals surface area contributed by atoms with Crippen molar-refractivity contribution in [2.45, 2.75) is 0 Å². The Labute approximate surface area is 65.5 Å². The SMILES string of the molecule is C[PH](=O)Oc1cccc(O)c1. The van der Waals surface area contributed by atoms with E-state index >= 15 is 0 Å². The Balaban J connectivity index is 2.79. The lowest BCUT2D eigenvalue weighted by atomic mass is 10.3. The van der Waals surface area contributed by atoms with Crippen molar-refractivity contribution in [2.75, 3.05) is 6.66 Å². The summed E-state index contributed by atoms with van der Waals surface area (Å²) in [6.45, 7) is 1.49.